The number of fused-ring (bicyclic) bond motifs is 2. The van der Waals surface area contributed by atoms with Gasteiger partial charge in [-0.3, -0.25) is 9.69 Å². The molecule has 0 aliphatic carbocycles. The van der Waals surface area contributed by atoms with Crippen LogP contribution in [-0.4, -0.2) is 67.7 Å². The van der Waals surface area contributed by atoms with E-state index in [-0.39, 0.29) is 12.0 Å². The van der Waals surface area contributed by atoms with Crippen LogP contribution in [0.25, 0.3) is 0 Å². The second-order valence-electron chi connectivity index (χ2n) is 9.90. The summed E-state index contributed by atoms with van der Waals surface area (Å²) in [5.74, 6) is -0.115. The van der Waals surface area contributed by atoms with Crippen LogP contribution in [0.4, 0.5) is 24.5 Å². The van der Waals surface area contributed by atoms with E-state index >= 15 is 0 Å². The first-order valence-corrected chi connectivity index (χ1v) is 14.5. The Morgan fingerprint density at radius 2 is 1.68 bits per heavy atom. The van der Waals surface area contributed by atoms with Crippen molar-refractivity contribution in [1.29, 1.82) is 0 Å². The van der Waals surface area contributed by atoms with Gasteiger partial charge in [-0.25, -0.2) is 0 Å². The summed E-state index contributed by atoms with van der Waals surface area (Å²) in [6.45, 7) is 9.26. The second kappa shape index (κ2) is 13.2. The Morgan fingerprint density at radius 3 is 2.39 bits per heavy atom. The van der Waals surface area contributed by atoms with E-state index in [1.807, 2.05) is 36.1 Å². The van der Waals surface area contributed by atoms with Gasteiger partial charge in [0.2, 0.25) is 0 Å². The molecule has 2 aromatic carbocycles. The highest BCUT2D eigenvalue weighted by Gasteiger charge is 2.34. The summed E-state index contributed by atoms with van der Waals surface area (Å²) in [4.78, 5) is 21.2. The van der Waals surface area contributed by atoms with Crippen LogP contribution < -0.4 is 4.90 Å². The fourth-order valence-electron chi connectivity index (χ4n) is 5.27. The first-order chi connectivity index (χ1) is 18.3. The number of nitrogens with zero attached hydrogens (tertiary/aromatic N) is 3. The van der Waals surface area contributed by atoms with Gasteiger partial charge in [-0.05, 0) is 56.6 Å². The van der Waals surface area contributed by atoms with Gasteiger partial charge in [0, 0.05) is 42.5 Å². The maximum atomic E-state index is 13.5. The summed E-state index contributed by atoms with van der Waals surface area (Å²) in [6.07, 6.45) is 0.533. The Labute approximate surface area is 228 Å². The van der Waals surface area contributed by atoms with E-state index in [0.29, 0.717) is 18.8 Å². The number of halogens is 3. The molecule has 0 saturated carbocycles. The van der Waals surface area contributed by atoms with Gasteiger partial charge in [-0.1, -0.05) is 50.1 Å². The molecule has 0 amide bonds. The minimum atomic E-state index is -4.38. The number of unbranched alkanes of at least 4 members (excludes halogenated alkanes) is 2. The Hall–Kier alpha value is -2.23. The third kappa shape index (κ3) is 7.04. The summed E-state index contributed by atoms with van der Waals surface area (Å²) in [6, 6.07) is 11.8. The van der Waals surface area contributed by atoms with Crippen molar-refractivity contribution < 1.29 is 22.7 Å². The quantitative estimate of drug-likeness (QED) is 0.226. The first kappa shape index (κ1) is 28.8. The fourth-order valence-corrected chi connectivity index (χ4v) is 6.35. The van der Waals surface area contributed by atoms with Gasteiger partial charge in [0.1, 0.15) is 6.04 Å². The van der Waals surface area contributed by atoms with Gasteiger partial charge in [-0.15, -0.1) is 0 Å². The number of rotatable bonds is 11. The van der Waals surface area contributed by atoms with Crippen LogP contribution >= 0.6 is 11.8 Å². The zero-order chi connectivity index (χ0) is 27.1. The zero-order valence-corrected chi connectivity index (χ0v) is 23.1. The van der Waals surface area contributed by atoms with Crippen molar-refractivity contribution >= 4 is 29.1 Å². The van der Waals surface area contributed by atoms with Crippen molar-refractivity contribution in [3.63, 3.8) is 0 Å². The van der Waals surface area contributed by atoms with Gasteiger partial charge < -0.3 is 14.5 Å². The highest BCUT2D eigenvalue weighted by atomic mass is 32.2. The minimum Gasteiger partial charge on any atom is -0.465 e. The Bertz CT molecular complexity index is 1070. The number of hydrogen-bond donors (Lipinski definition) is 0. The molecule has 2 aliphatic heterocycles. The lowest BCUT2D eigenvalue weighted by atomic mass is 10.1. The number of ether oxygens (including phenoxy) is 1. The molecule has 9 heteroatoms. The minimum absolute atomic E-state index is 0.115. The molecular weight excluding hydrogens is 511 g/mol. The van der Waals surface area contributed by atoms with Crippen LogP contribution in [0.2, 0.25) is 0 Å². The van der Waals surface area contributed by atoms with Crippen LogP contribution in [0.5, 0.6) is 0 Å². The van der Waals surface area contributed by atoms with Crippen molar-refractivity contribution in [1.82, 2.24) is 9.80 Å². The predicted molar refractivity (Wildman–Crippen MR) is 146 cm³/mol. The normalized spacial score (nSPS) is 17.1. The van der Waals surface area contributed by atoms with E-state index < -0.39 is 11.7 Å². The average molecular weight is 550 g/mol. The Balaban J connectivity index is 1.37. The molecule has 0 radical (unpaired) electrons. The largest absolute Gasteiger partial charge is 0.465 e. The van der Waals surface area contributed by atoms with Crippen LogP contribution in [0.1, 0.15) is 51.5 Å². The van der Waals surface area contributed by atoms with Crippen molar-refractivity contribution in [3.05, 3.63) is 48.0 Å². The number of hydrogen-bond acceptors (Lipinski definition) is 6. The number of esters is 1. The molecule has 1 saturated heterocycles. The van der Waals surface area contributed by atoms with Crippen LogP contribution in [0.3, 0.4) is 0 Å². The number of benzene rings is 2. The fraction of sp³-hybridized carbons (Fsp3) is 0.552. The van der Waals surface area contributed by atoms with Gasteiger partial charge >= 0.3 is 12.1 Å². The number of carbonyl (C=O) groups is 1. The summed E-state index contributed by atoms with van der Waals surface area (Å²) in [5.41, 5.74) is 0.962. The highest BCUT2D eigenvalue weighted by Crippen LogP contribution is 2.49. The topological polar surface area (TPSA) is 36.0 Å². The lowest BCUT2D eigenvalue weighted by Crippen LogP contribution is -2.53. The van der Waals surface area contributed by atoms with E-state index in [1.165, 1.54) is 23.9 Å². The van der Waals surface area contributed by atoms with Crippen LogP contribution in [0, 0.1) is 0 Å². The molecule has 1 unspecified atom stereocenters. The first-order valence-electron chi connectivity index (χ1n) is 13.7. The average Bonchev–Trinajstić information content (AvgIpc) is 2.90. The molecule has 1 atom stereocenters. The lowest BCUT2D eigenvalue weighted by molar-refractivity contribution is -0.150. The standard InChI is InChI=1S/C29H38F3N3O2S/c1-3-5-6-11-24(28(36)37-4-2)34-19-17-33(18-20-34)15-9-16-35-23-10-7-8-12-26(23)38-27-14-13-22(21-25(27)35)29(30,31)32/h7-8,10,12-14,21,24H,3-6,9,11,15-20H2,1-2H3. The van der Waals surface area contributed by atoms with E-state index in [1.54, 1.807) is 6.07 Å². The molecular formula is C29H38F3N3O2S. The van der Waals surface area contributed by atoms with Crippen LogP contribution in [0.15, 0.2) is 52.3 Å². The van der Waals surface area contributed by atoms with Crippen molar-refractivity contribution in [2.75, 3.05) is 50.8 Å². The number of carbonyl (C=O) groups excluding carboxylic acids is 1. The summed E-state index contributed by atoms with van der Waals surface area (Å²) >= 11 is 1.52. The molecule has 5 nitrogen and oxygen atoms in total. The van der Waals surface area contributed by atoms with Crippen molar-refractivity contribution in [3.8, 4) is 0 Å². The number of piperazine rings is 1. The maximum Gasteiger partial charge on any atom is 0.416 e. The molecule has 0 spiro atoms. The number of alkyl halides is 3. The molecule has 2 heterocycles. The van der Waals surface area contributed by atoms with E-state index in [2.05, 4.69) is 16.7 Å². The van der Waals surface area contributed by atoms with E-state index in [4.69, 9.17) is 4.74 Å². The summed E-state index contributed by atoms with van der Waals surface area (Å²) in [5, 5.41) is 0. The second-order valence-corrected chi connectivity index (χ2v) is 11.0. The molecule has 1 fully saturated rings. The van der Waals surface area contributed by atoms with Gasteiger partial charge in [-0.2, -0.15) is 13.2 Å². The molecule has 2 aromatic rings. The monoisotopic (exact) mass is 549 g/mol. The van der Waals surface area contributed by atoms with Gasteiger partial charge in [0.05, 0.1) is 23.5 Å². The molecule has 38 heavy (non-hydrogen) atoms. The smallest absolute Gasteiger partial charge is 0.416 e. The third-order valence-electron chi connectivity index (χ3n) is 7.30. The van der Waals surface area contributed by atoms with Gasteiger partial charge in [0.25, 0.3) is 0 Å². The number of anilines is 2. The lowest BCUT2D eigenvalue weighted by Gasteiger charge is -2.39. The highest BCUT2D eigenvalue weighted by molar-refractivity contribution is 7.99. The molecule has 4 rings (SSSR count). The predicted octanol–water partition coefficient (Wildman–Crippen LogP) is 6.83. The van der Waals surface area contributed by atoms with Crippen molar-refractivity contribution in [2.45, 2.75) is 68.0 Å². The third-order valence-corrected chi connectivity index (χ3v) is 8.43. The summed E-state index contributed by atoms with van der Waals surface area (Å²) < 4.78 is 45.8. The Kier molecular flexibility index (Phi) is 10.0. The van der Waals surface area contributed by atoms with Gasteiger partial charge in [0.15, 0.2) is 0 Å². The van der Waals surface area contributed by atoms with E-state index in [9.17, 15) is 18.0 Å². The molecule has 0 bridgehead atoms. The summed E-state index contributed by atoms with van der Waals surface area (Å²) in [7, 11) is 0. The molecule has 0 aromatic heterocycles. The van der Waals surface area contributed by atoms with E-state index in [0.717, 1.165) is 80.3 Å². The Morgan fingerprint density at radius 1 is 0.947 bits per heavy atom. The molecule has 2 aliphatic rings. The zero-order valence-electron chi connectivity index (χ0n) is 22.3. The molecule has 208 valence electrons. The number of para-hydroxylation sites is 1. The molecule has 0 N–H and O–H groups in total. The maximum absolute atomic E-state index is 13.5. The van der Waals surface area contributed by atoms with Crippen molar-refractivity contribution in [2.24, 2.45) is 0 Å². The van der Waals surface area contributed by atoms with Crippen LogP contribution in [-0.2, 0) is 15.7 Å². The SMILES string of the molecule is CCCCCC(C(=O)OCC)N1CCN(CCCN2c3ccccc3Sc3ccc(C(F)(F)F)cc32)CC1.